The van der Waals surface area contributed by atoms with Crippen LogP contribution in [0, 0.1) is 11.8 Å². The largest absolute Gasteiger partial charge is 0.367 e. The van der Waals surface area contributed by atoms with Crippen LogP contribution in [0.5, 0.6) is 0 Å². The van der Waals surface area contributed by atoms with E-state index < -0.39 is 5.91 Å². The molecule has 0 radical (unpaired) electrons. The molecule has 1 saturated carbocycles. The van der Waals surface area contributed by atoms with E-state index in [1.807, 2.05) is 4.90 Å². The summed E-state index contributed by atoms with van der Waals surface area (Å²) in [4.78, 5) is 32.4. The number of anilines is 1. The quantitative estimate of drug-likeness (QED) is 0.672. The third kappa shape index (κ3) is 5.67. The van der Waals surface area contributed by atoms with Crippen LogP contribution in [0.1, 0.15) is 36.0 Å². The first-order valence-corrected chi connectivity index (χ1v) is 10.7. The second-order valence-corrected chi connectivity index (χ2v) is 8.59. The van der Waals surface area contributed by atoms with Crippen molar-refractivity contribution in [1.29, 1.82) is 0 Å². The number of nitrogens with zero attached hydrogens (tertiary/aromatic N) is 3. The van der Waals surface area contributed by atoms with E-state index in [0.29, 0.717) is 30.4 Å². The van der Waals surface area contributed by atoms with Crippen molar-refractivity contribution in [3.63, 3.8) is 0 Å². The highest BCUT2D eigenvalue weighted by molar-refractivity contribution is 5.93. The van der Waals surface area contributed by atoms with Gasteiger partial charge in [0.15, 0.2) is 0 Å². The average molecular weight is 402 g/mol. The van der Waals surface area contributed by atoms with Gasteiger partial charge in [0.2, 0.25) is 11.8 Å². The van der Waals surface area contributed by atoms with Gasteiger partial charge in [-0.1, -0.05) is 0 Å². The topological polar surface area (TPSA) is 101 Å². The molecule has 3 N–H and O–H groups in total. The second-order valence-electron chi connectivity index (χ2n) is 8.59. The van der Waals surface area contributed by atoms with E-state index in [9.17, 15) is 9.59 Å². The van der Waals surface area contributed by atoms with Crippen LogP contribution in [-0.4, -0.2) is 78.6 Å². The van der Waals surface area contributed by atoms with Crippen molar-refractivity contribution in [2.45, 2.75) is 31.8 Å². The minimum Gasteiger partial charge on any atom is -0.367 e. The van der Waals surface area contributed by atoms with Crippen molar-refractivity contribution >= 4 is 17.6 Å². The highest BCUT2D eigenvalue weighted by Gasteiger charge is 2.31. The van der Waals surface area contributed by atoms with Gasteiger partial charge in [-0.25, -0.2) is 4.98 Å². The van der Waals surface area contributed by atoms with Crippen LogP contribution in [0.25, 0.3) is 0 Å². The van der Waals surface area contributed by atoms with Gasteiger partial charge in [-0.2, -0.15) is 0 Å². The Morgan fingerprint density at radius 3 is 2.69 bits per heavy atom. The molecule has 2 amide bonds. The number of ether oxygens (including phenoxy) is 1. The first kappa shape index (κ1) is 20.1. The number of morpholine rings is 1. The zero-order valence-electron chi connectivity index (χ0n) is 16.9. The molecule has 8 heteroatoms. The fourth-order valence-corrected chi connectivity index (χ4v) is 4.21. The first-order chi connectivity index (χ1) is 14.1. The van der Waals surface area contributed by atoms with Crippen molar-refractivity contribution in [3.8, 4) is 0 Å². The molecule has 4 rings (SSSR count). The number of pyridine rings is 1. The predicted molar refractivity (Wildman–Crippen MR) is 109 cm³/mol. The Labute approximate surface area is 171 Å². The molecule has 0 spiro atoms. The molecule has 3 aliphatic rings. The van der Waals surface area contributed by atoms with Gasteiger partial charge in [0.05, 0.1) is 6.10 Å². The van der Waals surface area contributed by atoms with E-state index in [1.165, 1.54) is 32.2 Å². The number of carbonyl (C=O) groups excluding carboxylic acids is 2. The maximum atomic E-state index is 12.3. The Bertz CT molecular complexity index is 731. The first-order valence-electron chi connectivity index (χ1n) is 10.7. The lowest BCUT2D eigenvalue weighted by atomic mass is 9.95. The van der Waals surface area contributed by atoms with Crippen LogP contribution in [0.2, 0.25) is 0 Å². The van der Waals surface area contributed by atoms with Gasteiger partial charge in [0, 0.05) is 37.9 Å². The Morgan fingerprint density at radius 2 is 1.97 bits per heavy atom. The number of carbonyl (C=O) groups is 2. The standard InChI is InChI=1S/C21H31N5O3/c22-21(28)17-3-6-23-19(9-17)24-10-18-13-26(20(27)14-29-18)12-16-4-7-25(8-5-16)11-15-1-2-15/h3,6,9,15-16,18H,1-2,4-5,7-8,10-14H2,(H2,22,28)(H,23,24)/t18-/m0/s1. The molecular formula is C21H31N5O3. The summed E-state index contributed by atoms with van der Waals surface area (Å²) in [6.45, 7) is 5.65. The van der Waals surface area contributed by atoms with Crippen molar-refractivity contribution in [2.24, 2.45) is 17.6 Å². The number of nitrogens with one attached hydrogen (secondary N) is 1. The molecule has 1 aliphatic carbocycles. The van der Waals surface area contributed by atoms with Gasteiger partial charge < -0.3 is 25.6 Å². The van der Waals surface area contributed by atoms with Gasteiger partial charge in [-0.15, -0.1) is 0 Å². The SMILES string of the molecule is NC(=O)c1ccnc(NC[C@H]2CN(CC3CCN(CC4CC4)CC3)C(=O)CO2)c1. The minimum atomic E-state index is -0.482. The number of hydrogen-bond donors (Lipinski definition) is 2. The molecule has 3 fully saturated rings. The second kappa shape index (κ2) is 9.09. The maximum absolute atomic E-state index is 12.3. The molecule has 1 aromatic heterocycles. The summed E-state index contributed by atoms with van der Waals surface area (Å²) in [5, 5.41) is 3.19. The van der Waals surface area contributed by atoms with E-state index in [4.69, 9.17) is 10.5 Å². The monoisotopic (exact) mass is 401 g/mol. The lowest BCUT2D eigenvalue weighted by Crippen LogP contribution is -2.51. The molecular weight excluding hydrogens is 370 g/mol. The van der Waals surface area contributed by atoms with E-state index in [0.717, 1.165) is 25.6 Å². The van der Waals surface area contributed by atoms with Crippen molar-refractivity contribution in [1.82, 2.24) is 14.8 Å². The van der Waals surface area contributed by atoms with Crippen LogP contribution in [0.15, 0.2) is 18.3 Å². The molecule has 0 unspecified atom stereocenters. The van der Waals surface area contributed by atoms with E-state index in [2.05, 4.69) is 15.2 Å². The van der Waals surface area contributed by atoms with Gasteiger partial charge in [-0.05, 0) is 62.7 Å². The number of rotatable bonds is 8. The third-order valence-electron chi connectivity index (χ3n) is 6.17. The number of nitrogens with two attached hydrogens (primary N) is 1. The number of likely N-dealkylation sites (tertiary alicyclic amines) is 1. The van der Waals surface area contributed by atoms with Crippen LogP contribution >= 0.6 is 0 Å². The summed E-state index contributed by atoms with van der Waals surface area (Å²) >= 11 is 0. The average Bonchev–Trinajstić information content (AvgIpc) is 3.54. The van der Waals surface area contributed by atoms with Crippen molar-refractivity contribution in [2.75, 3.05) is 51.2 Å². The molecule has 2 saturated heterocycles. The molecule has 158 valence electrons. The number of aromatic nitrogens is 1. The van der Waals surface area contributed by atoms with E-state index in [1.54, 1.807) is 18.3 Å². The van der Waals surface area contributed by atoms with Crippen molar-refractivity contribution in [3.05, 3.63) is 23.9 Å². The molecule has 8 nitrogen and oxygen atoms in total. The highest BCUT2D eigenvalue weighted by atomic mass is 16.5. The summed E-state index contributed by atoms with van der Waals surface area (Å²) in [5.41, 5.74) is 5.73. The maximum Gasteiger partial charge on any atom is 0.248 e. The summed E-state index contributed by atoms with van der Waals surface area (Å²) in [7, 11) is 0. The van der Waals surface area contributed by atoms with E-state index in [-0.39, 0.29) is 18.6 Å². The molecule has 29 heavy (non-hydrogen) atoms. The summed E-state index contributed by atoms with van der Waals surface area (Å²) in [5.74, 6) is 1.70. The van der Waals surface area contributed by atoms with Gasteiger partial charge in [0.1, 0.15) is 12.4 Å². The molecule has 0 bridgehead atoms. The molecule has 3 heterocycles. The Kier molecular flexibility index (Phi) is 6.30. The molecule has 0 aromatic carbocycles. The molecule has 1 atom stereocenters. The summed E-state index contributed by atoms with van der Waals surface area (Å²) < 4.78 is 5.70. The lowest BCUT2D eigenvalue weighted by molar-refractivity contribution is -0.149. The van der Waals surface area contributed by atoms with Crippen molar-refractivity contribution < 1.29 is 14.3 Å². The third-order valence-corrected chi connectivity index (χ3v) is 6.17. The van der Waals surface area contributed by atoms with Gasteiger partial charge in [0.25, 0.3) is 0 Å². The highest BCUT2D eigenvalue weighted by Crippen LogP contribution is 2.31. The van der Waals surface area contributed by atoms with Gasteiger partial charge >= 0.3 is 0 Å². The Morgan fingerprint density at radius 1 is 1.21 bits per heavy atom. The van der Waals surface area contributed by atoms with Crippen LogP contribution < -0.4 is 11.1 Å². The van der Waals surface area contributed by atoms with Crippen LogP contribution in [0.3, 0.4) is 0 Å². The normalized spacial score (nSPS) is 23.9. The number of primary amides is 1. The smallest absolute Gasteiger partial charge is 0.248 e. The van der Waals surface area contributed by atoms with Crippen LogP contribution in [0.4, 0.5) is 5.82 Å². The summed E-state index contributed by atoms with van der Waals surface area (Å²) in [6, 6.07) is 3.21. The predicted octanol–water partition coefficient (Wildman–Crippen LogP) is 0.942. The number of hydrogen-bond acceptors (Lipinski definition) is 6. The lowest BCUT2D eigenvalue weighted by Gasteiger charge is -2.38. The molecule has 1 aromatic rings. The Balaban J connectivity index is 1.23. The molecule has 2 aliphatic heterocycles. The zero-order valence-corrected chi connectivity index (χ0v) is 16.9. The fourth-order valence-electron chi connectivity index (χ4n) is 4.21. The van der Waals surface area contributed by atoms with Crippen LogP contribution in [-0.2, 0) is 9.53 Å². The minimum absolute atomic E-state index is 0.0792. The Hall–Kier alpha value is -2.19. The summed E-state index contributed by atoms with van der Waals surface area (Å²) in [6.07, 6.45) is 6.60. The van der Waals surface area contributed by atoms with E-state index >= 15 is 0 Å². The van der Waals surface area contributed by atoms with Gasteiger partial charge in [-0.3, -0.25) is 9.59 Å². The zero-order chi connectivity index (χ0) is 20.2. The fraction of sp³-hybridized carbons (Fsp3) is 0.667. The number of piperidine rings is 1. The number of amides is 2.